The lowest BCUT2D eigenvalue weighted by Gasteiger charge is -2.10. The number of halogens is 2. The van der Waals surface area contributed by atoms with Crippen molar-refractivity contribution in [3.63, 3.8) is 0 Å². The summed E-state index contributed by atoms with van der Waals surface area (Å²) in [6.07, 6.45) is 0. The first kappa shape index (κ1) is 13.0. The highest BCUT2D eigenvalue weighted by molar-refractivity contribution is 7.98. The SMILES string of the molecule is CON(C)C(=O)c1ccc(CSC(F)F)o1. The van der Waals surface area contributed by atoms with E-state index in [0.29, 0.717) is 17.5 Å². The molecule has 0 bridgehead atoms. The molecule has 0 aliphatic carbocycles. The van der Waals surface area contributed by atoms with Gasteiger partial charge < -0.3 is 4.42 Å². The van der Waals surface area contributed by atoms with Gasteiger partial charge >= 0.3 is 5.91 Å². The maximum absolute atomic E-state index is 11.9. The summed E-state index contributed by atoms with van der Waals surface area (Å²) in [5.41, 5.74) is 0. The Balaban J connectivity index is 2.60. The maximum atomic E-state index is 11.9. The van der Waals surface area contributed by atoms with Crippen LogP contribution in [0.3, 0.4) is 0 Å². The van der Waals surface area contributed by atoms with E-state index in [9.17, 15) is 13.6 Å². The van der Waals surface area contributed by atoms with E-state index in [1.807, 2.05) is 0 Å². The second-order valence-electron chi connectivity index (χ2n) is 2.82. The topological polar surface area (TPSA) is 42.7 Å². The van der Waals surface area contributed by atoms with Crippen LogP contribution < -0.4 is 0 Å². The van der Waals surface area contributed by atoms with Crippen LogP contribution in [0.15, 0.2) is 16.5 Å². The van der Waals surface area contributed by atoms with Gasteiger partial charge in [-0.05, 0) is 12.1 Å². The Morgan fingerprint density at radius 3 is 2.88 bits per heavy atom. The predicted octanol–water partition coefficient (Wildman–Crippen LogP) is 2.37. The van der Waals surface area contributed by atoms with Crippen LogP contribution in [0.25, 0.3) is 0 Å². The number of thioether (sulfide) groups is 1. The van der Waals surface area contributed by atoms with Gasteiger partial charge in [0.05, 0.1) is 12.9 Å². The molecule has 0 N–H and O–H groups in total. The Morgan fingerprint density at radius 1 is 1.62 bits per heavy atom. The van der Waals surface area contributed by atoms with Crippen LogP contribution in [-0.2, 0) is 10.6 Å². The number of hydrogen-bond donors (Lipinski definition) is 0. The zero-order valence-electron chi connectivity index (χ0n) is 8.78. The summed E-state index contributed by atoms with van der Waals surface area (Å²) in [6, 6.07) is 2.92. The monoisotopic (exact) mass is 251 g/mol. The van der Waals surface area contributed by atoms with Crippen molar-refractivity contribution >= 4 is 17.7 Å². The maximum Gasteiger partial charge on any atom is 0.312 e. The number of carbonyl (C=O) groups excluding carboxylic acids is 1. The van der Waals surface area contributed by atoms with Gasteiger partial charge in [0.25, 0.3) is 5.76 Å². The lowest BCUT2D eigenvalue weighted by atomic mass is 10.4. The molecular weight excluding hydrogens is 240 g/mol. The van der Waals surface area contributed by atoms with Gasteiger partial charge in [-0.1, -0.05) is 11.8 Å². The van der Waals surface area contributed by atoms with Crippen LogP contribution in [0.2, 0.25) is 0 Å². The Hall–Kier alpha value is -1.08. The molecule has 0 radical (unpaired) electrons. The standard InChI is InChI=1S/C9H11F2NO3S/c1-12(14-2)8(13)7-4-3-6(15-7)5-16-9(10)11/h3-4,9H,5H2,1-2H3. The van der Waals surface area contributed by atoms with Crippen molar-refractivity contribution in [1.82, 2.24) is 5.06 Å². The second kappa shape index (κ2) is 5.86. The average molecular weight is 251 g/mol. The number of alkyl halides is 2. The summed E-state index contributed by atoms with van der Waals surface area (Å²) in [6.45, 7) is 0. The third-order valence-corrected chi connectivity index (χ3v) is 2.49. The Bertz CT molecular complexity index is 356. The number of rotatable bonds is 5. The van der Waals surface area contributed by atoms with E-state index < -0.39 is 11.7 Å². The van der Waals surface area contributed by atoms with Crippen LogP contribution >= 0.6 is 11.8 Å². The normalized spacial score (nSPS) is 10.8. The fourth-order valence-corrected chi connectivity index (χ4v) is 1.40. The van der Waals surface area contributed by atoms with E-state index in [1.54, 1.807) is 0 Å². The summed E-state index contributed by atoms with van der Waals surface area (Å²) < 4.78 is 28.9. The average Bonchev–Trinajstić information content (AvgIpc) is 2.72. The van der Waals surface area contributed by atoms with Crippen molar-refractivity contribution in [2.45, 2.75) is 11.5 Å². The molecule has 16 heavy (non-hydrogen) atoms. The number of hydrogen-bond acceptors (Lipinski definition) is 4. The van der Waals surface area contributed by atoms with E-state index in [-0.39, 0.29) is 11.5 Å². The van der Waals surface area contributed by atoms with Crippen molar-refractivity contribution in [3.05, 3.63) is 23.7 Å². The summed E-state index contributed by atoms with van der Waals surface area (Å²) in [5, 5.41) is 0.989. The molecule has 0 saturated carbocycles. The van der Waals surface area contributed by atoms with E-state index in [0.717, 1.165) is 5.06 Å². The molecule has 1 heterocycles. The van der Waals surface area contributed by atoms with Crippen molar-refractivity contribution in [2.24, 2.45) is 0 Å². The fourth-order valence-electron chi connectivity index (χ4n) is 0.954. The molecule has 0 saturated heterocycles. The molecule has 90 valence electrons. The first-order chi connectivity index (χ1) is 7.54. The van der Waals surface area contributed by atoms with Gasteiger partial charge in [-0.3, -0.25) is 9.63 Å². The molecule has 0 aliphatic heterocycles. The van der Waals surface area contributed by atoms with Crippen LogP contribution in [-0.4, -0.2) is 30.9 Å². The number of carbonyl (C=O) groups is 1. The molecule has 0 aliphatic rings. The molecule has 7 heteroatoms. The molecule has 0 fully saturated rings. The molecular formula is C9H11F2NO3S. The van der Waals surface area contributed by atoms with E-state index in [1.165, 1.54) is 26.3 Å². The smallest absolute Gasteiger partial charge is 0.312 e. The molecule has 0 aromatic carbocycles. The number of hydroxylamine groups is 2. The molecule has 0 spiro atoms. The van der Waals surface area contributed by atoms with Gasteiger partial charge in [-0.15, -0.1) is 0 Å². The minimum atomic E-state index is -2.45. The summed E-state index contributed by atoms with van der Waals surface area (Å²) >= 11 is 0.440. The van der Waals surface area contributed by atoms with Crippen molar-refractivity contribution in [2.75, 3.05) is 14.2 Å². The first-order valence-corrected chi connectivity index (χ1v) is 5.40. The third-order valence-electron chi connectivity index (χ3n) is 1.78. The lowest BCUT2D eigenvalue weighted by molar-refractivity contribution is -0.0773. The fraction of sp³-hybridized carbons (Fsp3) is 0.444. The minimum Gasteiger partial charge on any atom is -0.455 e. The zero-order chi connectivity index (χ0) is 12.1. The van der Waals surface area contributed by atoms with Crippen molar-refractivity contribution < 1.29 is 22.8 Å². The minimum absolute atomic E-state index is 0.0294. The Morgan fingerprint density at radius 2 is 2.31 bits per heavy atom. The molecule has 0 unspecified atom stereocenters. The van der Waals surface area contributed by atoms with Crippen molar-refractivity contribution in [3.8, 4) is 0 Å². The van der Waals surface area contributed by atoms with Gasteiger partial charge in [0.2, 0.25) is 0 Å². The molecule has 0 atom stereocenters. The van der Waals surface area contributed by atoms with Crippen LogP contribution in [0.1, 0.15) is 16.3 Å². The Labute approximate surface area is 95.5 Å². The highest BCUT2D eigenvalue weighted by Gasteiger charge is 2.16. The molecule has 1 amide bonds. The zero-order valence-corrected chi connectivity index (χ0v) is 9.59. The van der Waals surface area contributed by atoms with Gasteiger partial charge in [0.1, 0.15) is 5.76 Å². The van der Waals surface area contributed by atoms with Gasteiger partial charge in [-0.25, -0.2) is 5.06 Å². The highest BCUT2D eigenvalue weighted by Crippen LogP contribution is 2.21. The largest absolute Gasteiger partial charge is 0.455 e. The van der Waals surface area contributed by atoms with Crippen molar-refractivity contribution in [1.29, 1.82) is 0 Å². The predicted molar refractivity (Wildman–Crippen MR) is 55.1 cm³/mol. The van der Waals surface area contributed by atoms with E-state index in [2.05, 4.69) is 4.84 Å². The van der Waals surface area contributed by atoms with Gasteiger partial charge in [-0.2, -0.15) is 8.78 Å². The number of nitrogens with zero attached hydrogens (tertiary/aromatic N) is 1. The summed E-state index contributed by atoms with van der Waals surface area (Å²) in [7, 11) is 2.77. The van der Waals surface area contributed by atoms with E-state index in [4.69, 9.17) is 4.42 Å². The van der Waals surface area contributed by atoms with Gasteiger partial charge in [0, 0.05) is 7.05 Å². The molecule has 1 rings (SSSR count). The van der Waals surface area contributed by atoms with Gasteiger partial charge in [0.15, 0.2) is 5.76 Å². The number of amides is 1. The van der Waals surface area contributed by atoms with Crippen LogP contribution in [0.5, 0.6) is 0 Å². The quantitative estimate of drug-likeness (QED) is 0.753. The Kier molecular flexibility index (Phi) is 4.75. The first-order valence-electron chi connectivity index (χ1n) is 4.35. The van der Waals surface area contributed by atoms with Crippen LogP contribution in [0, 0.1) is 0 Å². The third kappa shape index (κ3) is 3.49. The molecule has 1 aromatic heterocycles. The summed E-state index contributed by atoms with van der Waals surface area (Å²) in [4.78, 5) is 16.2. The highest BCUT2D eigenvalue weighted by atomic mass is 32.2. The number of furan rings is 1. The second-order valence-corrected chi connectivity index (χ2v) is 3.80. The molecule has 4 nitrogen and oxygen atoms in total. The summed E-state index contributed by atoms with van der Waals surface area (Å²) in [5.74, 6) is -2.49. The van der Waals surface area contributed by atoms with Crippen LogP contribution in [0.4, 0.5) is 8.78 Å². The molecule has 1 aromatic rings. The lowest BCUT2D eigenvalue weighted by Crippen LogP contribution is -2.24. The van der Waals surface area contributed by atoms with E-state index >= 15 is 0 Å².